The van der Waals surface area contributed by atoms with Gasteiger partial charge in [0.2, 0.25) is 0 Å². The van der Waals surface area contributed by atoms with Crippen LogP contribution in [0.2, 0.25) is 0 Å². The normalized spacial score (nSPS) is 10.8. The molecule has 1 aromatic heterocycles. The maximum absolute atomic E-state index is 11.9. The lowest BCUT2D eigenvalue weighted by Crippen LogP contribution is -2.25. The summed E-state index contributed by atoms with van der Waals surface area (Å²) in [6, 6.07) is 15.7. The van der Waals surface area contributed by atoms with Gasteiger partial charge in [-0.25, -0.2) is 5.43 Å². The lowest BCUT2D eigenvalue weighted by molar-refractivity contribution is -0.384. The van der Waals surface area contributed by atoms with E-state index in [0.29, 0.717) is 11.5 Å². The van der Waals surface area contributed by atoms with Gasteiger partial charge in [-0.2, -0.15) is 5.10 Å². The second kappa shape index (κ2) is 8.83. The number of hydrogen-bond acceptors (Lipinski definition) is 6. The van der Waals surface area contributed by atoms with Gasteiger partial charge < -0.3 is 9.73 Å². The van der Waals surface area contributed by atoms with E-state index in [4.69, 9.17) is 4.42 Å². The highest BCUT2D eigenvalue weighted by Crippen LogP contribution is 2.28. The Bertz CT molecular complexity index is 1050. The van der Waals surface area contributed by atoms with E-state index in [2.05, 4.69) is 15.8 Å². The van der Waals surface area contributed by atoms with Crippen LogP contribution in [-0.4, -0.2) is 23.6 Å². The molecule has 0 fully saturated rings. The average molecular weight is 392 g/mol. The van der Waals surface area contributed by atoms with Gasteiger partial charge in [0.15, 0.2) is 0 Å². The number of rotatable bonds is 7. The average Bonchev–Trinajstić information content (AvgIpc) is 3.16. The largest absolute Gasteiger partial charge is 0.455 e. The highest BCUT2D eigenvalue weighted by molar-refractivity contribution is 5.83. The predicted octanol–water partition coefficient (Wildman–Crippen LogP) is 4.03. The zero-order chi connectivity index (χ0) is 20.8. The Hall–Kier alpha value is -3.94. The molecule has 29 heavy (non-hydrogen) atoms. The molecule has 3 rings (SSSR count). The number of carbonyl (C=O) groups is 1. The van der Waals surface area contributed by atoms with E-state index >= 15 is 0 Å². The summed E-state index contributed by atoms with van der Waals surface area (Å²) < 4.78 is 5.69. The highest BCUT2D eigenvalue weighted by atomic mass is 16.6. The smallest absolute Gasteiger partial charge is 0.269 e. The number of furan rings is 1. The van der Waals surface area contributed by atoms with Gasteiger partial charge in [-0.3, -0.25) is 14.9 Å². The van der Waals surface area contributed by atoms with Crippen LogP contribution in [0.5, 0.6) is 0 Å². The van der Waals surface area contributed by atoms with Crippen LogP contribution in [0.15, 0.2) is 64.1 Å². The minimum Gasteiger partial charge on any atom is -0.455 e. The molecule has 0 aliphatic carbocycles. The molecule has 148 valence electrons. The number of nitrogens with zero attached hydrogens (tertiary/aromatic N) is 2. The van der Waals surface area contributed by atoms with Crippen molar-refractivity contribution >= 4 is 23.5 Å². The third-order valence-electron chi connectivity index (χ3n) is 4.20. The fraction of sp³-hybridized carbons (Fsp3) is 0.143. The molecule has 0 aliphatic rings. The summed E-state index contributed by atoms with van der Waals surface area (Å²) in [7, 11) is 0. The van der Waals surface area contributed by atoms with E-state index in [1.54, 1.807) is 25.1 Å². The third-order valence-corrected chi connectivity index (χ3v) is 4.20. The molecule has 3 aromatic rings. The van der Waals surface area contributed by atoms with Crippen LogP contribution in [0.3, 0.4) is 0 Å². The van der Waals surface area contributed by atoms with Gasteiger partial charge in [-0.1, -0.05) is 17.7 Å². The van der Waals surface area contributed by atoms with Gasteiger partial charge in [0.05, 0.1) is 17.7 Å². The number of non-ortho nitro benzene ring substituents is 1. The maximum atomic E-state index is 11.9. The van der Waals surface area contributed by atoms with Crippen LogP contribution in [0.4, 0.5) is 11.4 Å². The molecule has 1 heterocycles. The first-order valence-corrected chi connectivity index (χ1v) is 8.90. The maximum Gasteiger partial charge on any atom is 0.269 e. The van der Waals surface area contributed by atoms with E-state index in [1.165, 1.54) is 18.3 Å². The number of nitro groups is 1. The topological polar surface area (TPSA) is 110 Å². The molecule has 2 N–H and O–H groups in total. The number of anilines is 1. The Balaban J connectivity index is 1.55. The second-order valence-electron chi connectivity index (χ2n) is 6.47. The molecule has 0 atom stereocenters. The molecule has 0 radical (unpaired) electrons. The number of hydrogen-bond donors (Lipinski definition) is 2. The Morgan fingerprint density at radius 3 is 2.59 bits per heavy atom. The van der Waals surface area contributed by atoms with Gasteiger partial charge in [0.25, 0.3) is 11.6 Å². The number of benzene rings is 2. The monoisotopic (exact) mass is 392 g/mol. The molecule has 0 bridgehead atoms. The van der Waals surface area contributed by atoms with Gasteiger partial charge in [0.1, 0.15) is 11.5 Å². The minimum absolute atomic E-state index is 0.0292. The summed E-state index contributed by atoms with van der Waals surface area (Å²) in [5.74, 6) is 0.718. The van der Waals surface area contributed by atoms with Crippen molar-refractivity contribution in [3.05, 3.63) is 81.6 Å². The molecule has 0 saturated carbocycles. The first-order chi connectivity index (χ1) is 13.9. The molecule has 0 aliphatic heterocycles. The van der Waals surface area contributed by atoms with Crippen molar-refractivity contribution in [2.45, 2.75) is 13.8 Å². The van der Waals surface area contributed by atoms with Crippen molar-refractivity contribution in [1.82, 2.24) is 5.43 Å². The quantitative estimate of drug-likeness (QED) is 0.358. The Morgan fingerprint density at radius 2 is 1.90 bits per heavy atom. The molecule has 1 amide bonds. The van der Waals surface area contributed by atoms with Crippen molar-refractivity contribution in [3.63, 3.8) is 0 Å². The Labute approximate surface area is 167 Å². The minimum atomic E-state index is -0.437. The van der Waals surface area contributed by atoms with Crippen molar-refractivity contribution in [2.75, 3.05) is 11.9 Å². The van der Waals surface area contributed by atoms with E-state index < -0.39 is 4.92 Å². The van der Waals surface area contributed by atoms with Crippen molar-refractivity contribution in [3.8, 4) is 11.3 Å². The standard InChI is InChI=1S/C21H20N4O4/c1-14-3-5-16(6-4-14)22-13-21(26)24-23-12-18-8-10-20(29-18)19-9-7-17(25(27)28)11-15(19)2/h3-12,22H,13H2,1-2H3,(H,24,26). The van der Waals surface area contributed by atoms with Crippen LogP contribution in [0.25, 0.3) is 11.3 Å². The number of amides is 1. The van der Waals surface area contributed by atoms with Gasteiger partial charge in [-0.05, 0) is 49.7 Å². The number of nitrogens with one attached hydrogen (secondary N) is 2. The van der Waals surface area contributed by atoms with Crippen LogP contribution in [-0.2, 0) is 4.79 Å². The number of carbonyl (C=O) groups excluding carboxylic acids is 1. The number of aryl methyl sites for hydroxylation is 2. The number of hydrazone groups is 1. The zero-order valence-electron chi connectivity index (χ0n) is 16.0. The molecule has 8 heteroatoms. The molecular formula is C21H20N4O4. The van der Waals surface area contributed by atoms with Crippen LogP contribution < -0.4 is 10.7 Å². The lowest BCUT2D eigenvalue weighted by Gasteiger charge is -2.05. The highest BCUT2D eigenvalue weighted by Gasteiger charge is 2.12. The second-order valence-corrected chi connectivity index (χ2v) is 6.47. The fourth-order valence-corrected chi connectivity index (χ4v) is 2.67. The van der Waals surface area contributed by atoms with Crippen LogP contribution >= 0.6 is 0 Å². The summed E-state index contributed by atoms with van der Waals surface area (Å²) in [5.41, 5.74) is 5.93. The summed E-state index contributed by atoms with van der Waals surface area (Å²) in [5, 5.41) is 17.7. The van der Waals surface area contributed by atoms with Gasteiger partial charge in [0, 0.05) is 23.4 Å². The van der Waals surface area contributed by atoms with Crippen molar-refractivity contribution in [2.24, 2.45) is 5.10 Å². The zero-order valence-corrected chi connectivity index (χ0v) is 16.0. The van der Waals surface area contributed by atoms with E-state index in [1.807, 2.05) is 31.2 Å². The molecule has 0 spiro atoms. The van der Waals surface area contributed by atoms with Crippen LogP contribution in [0.1, 0.15) is 16.9 Å². The molecule has 2 aromatic carbocycles. The summed E-state index contributed by atoms with van der Waals surface area (Å²) in [6.45, 7) is 3.86. The lowest BCUT2D eigenvalue weighted by atomic mass is 10.1. The van der Waals surface area contributed by atoms with Gasteiger partial charge in [-0.15, -0.1) is 0 Å². The third kappa shape index (κ3) is 5.29. The molecule has 0 saturated heterocycles. The molecule has 0 unspecified atom stereocenters. The summed E-state index contributed by atoms with van der Waals surface area (Å²) in [4.78, 5) is 22.3. The van der Waals surface area contributed by atoms with Crippen molar-refractivity contribution < 1.29 is 14.1 Å². The SMILES string of the molecule is Cc1ccc(NCC(=O)NN=Cc2ccc(-c3ccc([N+](=O)[O-])cc3C)o2)cc1. The number of nitro benzene ring substituents is 1. The van der Waals surface area contributed by atoms with E-state index in [-0.39, 0.29) is 18.1 Å². The Morgan fingerprint density at radius 1 is 1.14 bits per heavy atom. The molecular weight excluding hydrogens is 372 g/mol. The Kier molecular flexibility index (Phi) is 6.03. The van der Waals surface area contributed by atoms with Crippen molar-refractivity contribution in [1.29, 1.82) is 0 Å². The van der Waals surface area contributed by atoms with Gasteiger partial charge >= 0.3 is 0 Å². The van der Waals surface area contributed by atoms with E-state index in [0.717, 1.165) is 22.4 Å². The predicted molar refractivity (Wildman–Crippen MR) is 111 cm³/mol. The van der Waals surface area contributed by atoms with E-state index in [9.17, 15) is 14.9 Å². The first kappa shape index (κ1) is 19.8. The summed E-state index contributed by atoms with van der Waals surface area (Å²) in [6.07, 6.45) is 1.40. The summed E-state index contributed by atoms with van der Waals surface area (Å²) >= 11 is 0. The molecule has 8 nitrogen and oxygen atoms in total. The fourth-order valence-electron chi connectivity index (χ4n) is 2.67. The van der Waals surface area contributed by atoms with Crippen LogP contribution in [0, 0.1) is 24.0 Å². The first-order valence-electron chi connectivity index (χ1n) is 8.90.